The average Bonchev–Trinajstić information content (AvgIpc) is 3.63. The number of carbonyl (C=O) groups is 8. The summed E-state index contributed by atoms with van der Waals surface area (Å²) in [7, 11) is 0. The minimum absolute atomic E-state index is 0.0772. The largest absolute Gasteiger partial charge is 0.481 e. The molecule has 0 saturated carbocycles. The van der Waals surface area contributed by atoms with Crippen molar-refractivity contribution >= 4 is 48.0 Å². The Morgan fingerprint density at radius 1 is 0.963 bits per heavy atom. The average molecular weight is 757 g/mol. The predicted octanol–water partition coefficient (Wildman–Crippen LogP) is 2.90. The Balaban J connectivity index is 2.21. The summed E-state index contributed by atoms with van der Waals surface area (Å²) in [6, 6.07) is 3.83. The van der Waals surface area contributed by atoms with Gasteiger partial charge in [0.15, 0.2) is 12.4 Å². The number of hydrogen-bond acceptors (Lipinski definition) is 11. The number of hydroxylamine groups is 2. The van der Waals surface area contributed by atoms with Gasteiger partial charge in [-0.2, -0.15) is 5.06 Å². The van der Waals surface area contributed by atoms with Crippen molar-refractivity contribution in [2.75, 3.05) is 13.3 Å². The van der Waals surface area contributed by atoms with E-state index in [4.69, 9.17) is 24.2 Å². The van der Waals surface area contributed by atoms with E-state index < -0.39 is 72.6 Å². The predicted molar refractivity (Wildman–Crippen MR) is 189 cm³/mol. The van der Waals surface area contributed by atoms with Crippen molar-refractivity contribution in [3.05, 3.63) is 66.0 Å². The third-order valence-electron chi connectivity index (χ3n) is 7.91. The zero-order chi connectivity index (χ0) is 40.4. The third kappa shape index (κ3) is 12.9. The van der Waals surface area contributed by atoms with Gasteiger partial charge in [0.2, 0.25) is 12.3 Å². The molecule has 0 aliphatic rings. The quantitative estimate of drug-likeness (QED) is 0.0225. The molecule has 0 fully saturated rings. The Hall–Kier alpha value is -6.46. The summed E-state index contributed by atoms with van der Waals surface area (Å²) in [6.07, 6.45) is 5.08. The topological polar surface area (TPSA) is 268 Å². The standard InChI is InChI=1S/C36H44N4O14/c1-5-9-10-11-23(26(8-4)40(20-41)54-36(51)21(6-2)7-3)32(46)37-19-38-34(48)28-15-14-27(53-28)22-12-13-24(29(16-22)52-18-31(44)45)33(47)39-25(35(49)50)17-30(42)43/h6-7,12-16,20,23,25-26H,2,5,8-11,17-19H2,1,3-4H3,(H,37,46)(H,38,48)(H,39,47)(H,42,43)(H,44,45)(H,49,50)/b21-7+. The minimum Gasteiger partial charge on any atom is -0.481 e. The molecule has 3 unspecified atom stereocenters. The lowest BCUT2D eigenvalue weighted by atomic mass is 9.90. The van der Waals surface area contributed by atoms with Gasteiger partial charge in [-0.1, -0.05) is 57.9 Å². The Bertz CT molecular complexity index is 1730. The number of benzene rings is 1. The fourth-order valence-corrected chi connectivity index (χ4v) is 5.17. The maximum atomic E-state index is 13.4. The summed E-state index contributed by atoms with van der Waals surface area (Å²) in [4.78, 5) is 103. The van der Waals surface area contributed by atoms with Gasteiger partial charge in [-0.3, -0.25) is 24.0 Å². The van der Waals surface area contributed by atoms with Crippen LogP contribution in [0.4, 0.5) is 0 Å². The van der Waals surface area contributed by atoms with Crippen molar-refractivity contribution in [3.8, 4) is 17.1 Å². The van der Waals surface area contributed by atoms with Gasteiger partial charge in [0.1, 0.15) is 17.6 Å². The van der Waals surface area contributed by atoms with Crippen molar-refractivity contribution < 1.29 is 67.7 Å². The number of nitrogens with zero attached hydrogens (tertiary/aromatic N) is 1. The van der Waals surface area contributed by atoms with Gasteiger partial charge in [0.25, 0.3) is 11.8 Å². The number of furan rings is 1. The number of aliphatic carboxylic acids is 3. The summed E-state index contributed by atoms with van der Waals surface area (Å²) in [6.45, 7) is 7.64. The molecule has 18 heteroatoms. The summed E-state index contributed by atoms with van der Waals surface area (Å²) >= 11 is 0. The van der Waals surface area contributed by atoms with Crippen LogP contribution in [0.15, 0.2) is 59.1 Å². The first-order valence-electron chi connectivity index (χ1n) is 16.9. The van der Waals surface area contributed by atoms with Crippen LogP contribution in [0.25, 0.3) is 11.3 Å². The first kappa shape index (κ1) is 43.7. The highest BCUT2D eigenvalue weighted by atomic mass is 16.7. The zero-order valence-corrected chi connectivity index (χ0v) is 30.0. The molecule has 292 valence electrons. The highest BCUT2D eigenvalue weighted by Gasteiger charge is 2.34. The van der Waals surface area contributed by atoms with Gasteiger partial charge >= 0.3 is 23.9 Å². The molecule has 6 N–H and O–H groups in total. The van der Waals surface area contributed by atoms with E-state index in [0.29, 0.717) is 19.3 Å². The highest BCUT2D eigenvalue weighted by Crippen LogP contribution is 2.29. The van der Waals surface area contributed by atoms with Crippen LogP contribution in [0.1, 0.15) is 80.2 Å². The fraction of sp³-hybridized carbons (Fsp3) is 0.389. The maximum Gasteiger partial charge on any atom is 0.362 e. The van der Waals surface area contributed by atoms with E-state index >= 15 is 0 Å². The number of nitrogens with one attached hydrogen (secondary N) is 3. The van der Waals surface area contributed by atoms with Crippen LogP contribution in [0.3, 0.4) is 0 Å². The first-order chi connectivity index (χ1) is 25.7. The monoisotopic (exact) mass is 756 g/mol. The number of allylic oxidation sites excluding steroid dienone is 1. The molecule has 3 atom stereocenters. The summed E-state index contributed by atoms with van der Waals surface area (Å²) < 4.78 is 10.9. The Morgan fingerprint density at radius 3 is 2.26 bits per heavy atom. The maximum absolute atomic E-state index is 13.4. The second-order valence-electron chi connectivity index (χ2n) is 11.6. The van der Waals surface area contributed by atoms with Crippen molar-refractivity contribution in [1.82, 2.24) is 21.0 Å². The molecule has 0 bridgehead atoms. The molecule has 0 aliphatic carbocycles. The number of rotatable bonds is 24. The molecule has 0 saturated heterocycles. The lowest BCUT2D eigenvalue weighted by Gasteiger charge is -2.31. The van der Waals surface area contributed by atoms with Crippen LogP contribution in [0.2, 0.25) is 0 Å². The second-order valence-corrected chi connectivity index (χ2v) is 11.6. The minimum atomic E-state index is -1.79. The third-order valence-corrected chi connectivity index (χ3v) is 7.91. The smallest absolute Gasteiger partial charge is 0.362 e. The Labute approximate surface area is 310 Å². The van der Waals surface area contributed by atoms with Gasteiger partial charge in [-0.15, -0.1) is 0 Å². The van der Waals surface area contributed by atoms with Crippen molar-refractivity contribution in [1.29, 1.82) is 0 Å². The summed E-state index contributed by atoms with van der Waals surface area (Å²) in [5, 5.41) is 35.3. The van der Waals surface area contributed by atoms with Crippen LogP contribution in [0, 0.1) is 5.92 Å². The van der Waals surface area contributed by atoms with Gasteiger partial charge in [-0.05, 0) is 44.0 Å². The molecule has 0 aliphatic heterocycles. The van der Waals surface area contributed by atoms with Crippen LogP contribution in [-0.2, 0) is 33.6 Å². The molecule has 1 heterocycles. The summed E-state index contributed by atoms with van der Waals surface area (Å²) in [5.41, 5.74) is 0.0451. The number of carbonyl (C=O) groups excluding carboxylic acids is 5. The molecular formula is C36H44N4O14. The zero-order valence-electron chi connectivity index (χ0n) is 30.0. The molecule has 18 nitrogen and oxygen atoms in total. The van der Waals surface area contributed by atoms with Gasteiger partial charge in [-0.25, -0.2) is 14.4 Å². The normalized spacial score (nSPS) is 12.6. The fourth-order valence-electron chi connectivity index (χ4n) is 5.17. The molecule has 4 amide bonds. The number of hydrogen-bond donors (Lipinski definition) is 6. The lowest BCUT2D eigenvalue weighted by molar-refractivity contribution is -0.200. The summed E-state index contributed by atoms with van der Waals surface area (Å²) in [5.74, 6) is -8.82. The number of amides is 4. The van der Waals surface area contributed by atoms with Gasteiger partial charge in [0, 0.05) is 5.56 Å². The van der Waals surface area contributed by atoms with Gasteiger partial charge in [0.05, 0.1) is 36.2 Å². The second kappa shape index (κ2) is 21.8. The van der Waals surface area contributed by atoms with E-state index in [1.807, 2.05) is 6.92 Å². The number of ether oxygens (including phenoxy) is 1. The van der Waals surface area contributed by atoms with Crippen LogP contribution in [-0.4, -0.2) is 93.8 Å². The van der Waals surface area contributed by atoms with Crippen molar-refractivity contribution in [3.63, 3.8) is 0 Å². The van der Waals surface area contributed by atoms with Crippen molar-refractivity contribution in [2.24, 2.45) is 5.92 Å². The van der Waals surface area contributed by atoms with Gasteiger partial charge < -0.3 is 45.3 Å². The van der Waals surface area contributed by atoms with Crippen LogP contribution in [0.5, 0.6) is 5.75 Å². The molecule has 54 heavy (non-hydrogen) atoms. The van der Waals surface area contributed by atoms with E-state index in [2.05, 4.69) is 22.5 Å². The van der Waals surface area contributed by atoms with Crippen LogP contribution >= 0.6 is 0 Å². The van der Waals surface area contributed by atoms with E-state index in [1.54, 1.807) is 13.8 Å². The Kier molecular flexibility index (Phi) is 17.6. The van der Waals surface area contributed by atoms with Crippen molar-refractivity contribution in [2.45, 2.75) is 71.4 Å². The SMILES string of the molecule is C=C/C(=C\C)C(=O)ON(C=O)C(CC)C(CCCCC)C(=O)NCNC(=O)c1ccc(-c2ccc(C(=O)NC(CC(=O)O)C(=O)O)c(OCC(=O)O)c2)o1. The molecule has 2 rings (SSSR count). The highest BCUT2D eigenvalue weighted by molar-refractivity contribution is 6.00. The molecule has 1 aromatic carbocycles. The van der Waals surface area contributed by atoms with E-state index in [-0.39, 0.29) is 47.1 Å². The van der Waals surface area contributed by atoms with E-state index in [0.717, 1.165) is 17.9 Å². The number of unbranched alkanes of at least 4 members (excludes halogenated alkanes) is 2. The Morgan fingerprint density at radius 2 is 1.69 bits per heavy atom. The molecule has 1 aromatic heterocycles. The first-order valence-corrected chi connectivity index (χ1v) is 16.9. The molecule has 2 aromatic rings. The van der Waals surface area contributed by atoms with E-state index in [1.165, 1.54) is 42.5 Å². The number of carboxylic acids is 3. The molecule has 0 radical (unpaired) electrons. The van der Waals surface area contributed by atoms with E-state index in [9.17, 15) is 43.5 Å². The number of carboxylic acid groups (broad SMARTS) is 3. The lowest BCUT2D eigenvalue weighted by Crippen LogP contribution is -2.49. The van der Waals surface area contributed by atoms with Crippen LogP contribution < -0.4 is 20.7 Å². The molecular weight excluding hydrogens is 712 g/mol. The molecule has 0 spiro atoms.